The van der Waals surface area contributed by atoms with Crippen LogP contribution in [0.4, 0.5) is 5.69 Å². The normalized spacial score (nSPS) is 14.8. The second-order valence-electron chi connectivity index (χ2n) is 4.17. The Morgan fingerprint density at radius 1 is 1.62 bits per heavy atom. The molecule has 16 heavy (non-hydrogen) atoms. The minimum absolute atomic E-state index is 0.0468. The number of carbonyl (C=O) groups excluding carboxylic acids is 1. The molecule has 5 nitrogen and oxygen atoms in total. The zero-order valence-corrected chi connectivity index (χ0v) is 9.22. The quantitative estimate of drug-likeness (QED) is 0.784. The Labute approximate surface area is 93.5 Å². The number of rotatable bonds is 3. The summed E-state index contributed by atoms with van der Waals surface area (Å²) in [7, 11) is 1.81. The van der Waals surface area contributed by atoms with Gasteiger partial charge in [0.1, 0.15) is 6.54 Å². The molecule has 1 saturated carbocycles. The predicted octanol–water partition coefficient (Wildman–Crippen LogP) is 0.0513. The lowest BCUT2D eigenvalue weighted by Gasteiger charge is -2.17. The number of carbonyl (C=O) groups is 1. The lowest BCUT2D eigenvalue weighted by Crippen LogP contribution is -2.32. The van der Waals surface area contributed by atoms with Gasteiger partial charge < -0.3 is 15.2 Å². The van der Waals surface area contributed by atoms with Gasteiger partial charge in [-0.25, -0.2) is 0 Å². The number of aromatic nitrogens is 1. The number of anilines is 1. The fourth-order valence-electron chi connectivity index (χ4n) is 1.58. The molecule has 1 fully saturated rings. The predicted molar refractivity (Wildman–Crippen MR) is 60.9 cm³/mol. The van der Waals surface area contributed by atoms with Crippen LogP contribution in [0.25, 0.3) is 0 Å². The first kappa shape index (κ1) is 10.7. The van der Waals surface area contributed by atoms with Gasteiger partial charge in [0.15, 0.2) is 0 Å². The van der Waals surface area contributed by atoms with E-state index in [9.17, 15) is 9.59 Å². The van der Waals surface area contributed by atoms with E-state index < -0.39 is 0 Å². The molecule has 2 rings (SSSR count). The number of nitrogens with zero attached hydrogens (tertiary/aromatic N) is 2. The Hall–Kier alpha value is -1.78. The van der Waals surface area contributed by atoms with Crippen LogP contribution in [0.2, 0.25) is 0 Å². The molecular weight excluding hydrogens is 206 g/mol. The van der Waals surface area contributed by atoms with Crippen LogP contribution in [0.3, 0.4) is 0 Å². The number of nitrogen functional groups attached to an aromatic ring is 1. The number of pyridine rings is 1. The lowest BCUT2D eigenvalue weighted by molar-refractivity contribution is -0.131. The number of hydrogen-bond donors (Lipinski definition) is 1. The topological polar surface area (TPSA) is 68.3 Å². The van der Waals surface area contributed by atoms with Crippen molar-refractivity contribution in [1.82, 2.24) is 9.47 Å². The van der Waals surface area contributed by atoms with E-state index >= 15 is 0 Å². The maximum absolute atomic E-state index is 11.8. The summed E-state index contributed by atoms with van der Waals surface area (Å²) in [5.74, 6) is 0.0468. The van der Waals surface area contributed by atoms with E-state index in [1.54, 1.807) is 15.7 Å². The first-order valence-electron chi connectivity index (χ1n) is 5.29. The van der Waals surface area contributed by atoms with E-state index in [1.165, 1.54) is 12.3 Å². The minimum atomic E-state index is -0.209. The average molecular weight is 221 g/mol. The van der Waals surface area contributed by atoms with Crippen molar-refractivity contribution in [2.75, 3.05) is 12.8 Å². The molecule has 2 N–H and O–H groups in total. The molecule has 1 aromatic heterocycles. The molecule has 1 aromatic rings. The Bertz CT molecular complexity index is 463. The van der Waals surface area contributed by atoms with Gasteiger partial charge in [-0.2, -0.15) is 0 Å². The highest BCUT2D eigenvalue weighted by Crippen LogP contribution is 2.25. The second-order valence-corrected chi connectivity index (χ2v) is 4.17. The van der Waals surface area contributed by atoms with Gasteiger partial charge in [-0.05, 0) is 12.8 Å². The largest absolute Gasteiger partial charge is 0.394 e. The standard InChI is InChI=1S/C11H15N3O2/c1-13(8-2-3-8)11(16)7-14-5-4-10(15)9(12)6-14/h4-6,8H,2-3,7,12H2,1H3. The van der Waals surface area contributed by atoms with Crippen LogP contribution in [-0.2, 0) is 11.3 Å². The summed E-state index contributed by atoms with van der Waals surface area (Å²) < 4.78 is 1.64. The van der Waals surface area contributed by atoms with E-state index in [0.717, 1.165) is 12.8 Å². The van der Waals surface area contributed by atoms with Crippen LogP contribution < -0.4 is 11.2 Å². The summed E-state index contributed by atoms with van der Waals surface area (Å²) in [4.78, 5) is 24.6. The highest BCUT2D eigenvalue weighted by atomic mass is 16.2. The first-order chi connectivity index (χ1) is 7.58. The van der Waals surface area contributed by atoms with Crippen LogP contribution in [0.1, 0.15) is 12.8 Å². The van der Waals surface area contributed by atoms with Crippen molar-refractivity contribution in [2.24, 2.45) is 0 Å². The summed E-state index contributed by atoms with van der Waals surface area (Å²) in [5, 5.41) is 0. The smallest absolute Gasteiger partial charge is 0.242 e. The molecule has 0 aromatic carbocycles. The van der Waals surface area contributed by atoms with Gasteiger partial charge >= 0.3 is 0 Å². The Kier molecular flexibility index (Phi) is 2.68. The molecule has 0 radical (unpaired) electrons. The number of likely N-dealkylation sites (N-methyl/N-ethyl adjacent to an activating group) is 1. The molecule has 1 aliphatic rings. The zero-order valence-electron chi connectivity index (χ0n) is 9.22. The SMILES string of the molecule is CN(C(=O)Cn1ccc(=O)c(N)c1)C1CC1. The monoisotopic (exact) mass is 221 g/mol. The molecule has 5 heteroatoms. The van der Waals surface area contributed by atoms with Gasteiger partial charge in [-0.15, -0.1) is 0 Å². The molecule has 0 spiro atoms. The Morgan fingerprint density at radius 3 is 2.88 bits per heavy atom. The van der Waals surface area contributed by atoms with E-state index in [2.05, 4.69) is 0 Å². The van der Waals surface area contributed by atoms with Gasteiger partial charge in [0.05, 0.1) is 5.69 Å². The van der Waals surface area contributed by atoms with Gasteiger partial charge in [0.2, 0.25) is 11.3 Å². The molecular formula is C11H15N3O2. The van der Waals surface area contributed by atoms with Crippen LogP contribution in [0, 0.1) is 0 Å². The van der Waals surface area contributed by atoms with E-state index in [4.69, 9.17) is 5.73 Å². The molecule has 0 aliphatic heterocycles. The number of hydrogen-bond acceptors (Lipinski definition) is 3. The summed E-state index contributed by atoms with van der Waals surface area (Å²) in [6.45, 7) is 0.234. The average Bonchev–Trinajstić information content (AvgIpc) is 3.06. The molecule has 0 saturated heterocycles. The Morgan fingerprint density at radius 2 is 2.31 bits per heavy atom. The molecule has 1 amide bonds. The maximum atomic E-state index is 11.8. The van der Waals surface area contributed by atoms with Crippen molar-refractivity contribution in [2.45, 2.75) is 25.4 Å². The highest BCUT2D eigenvalue weighted by Gasteiger charge is 2.29. The summed E-state index contributed by atoms with van der Waals surface area (Å²) >= 11 is 0. The zero-order chi connectivity index (χ0) is 11.7. The van der Waals surface area contributed by atoms with Crippen molar-refractivity contribution < 1.29 is 4.79 Å². The van der Waals surface area contributed by atoms with Gasteiger partial charge in [0.25, 0.3) is 0 Å². The molecule has 0 unspecified atom stereocenters. The third kappa shape index (κ3) is 2.24. The van der Waals surface area contributed by atoms with Crippen molar-refractivity contribution in [1.29, 1.82) is 0 Å². The highest BCUT2D eigenvalue weighted by molar-refractivity contribution is 5.76. The third-order valence-electron chi connectivity index (χ3n) is 2.81. The van der Waals surface area contributed by atoms with Crippen molar-refractivity contribution in [3.05, 3.63) is 28.7 Å². The number of amides is 1. The fraction of sp³-hybridized carbons (Fsp3) is 0.455. The second kappa shape index (κ2) is 4.00. The first-order valence-corrected chi connectivity index (χ1v) is 5.29. The molecule has 1 heterocycles. The van der Waals surface area contributed by atoms with Crippen molar-refractivity contribution in [3.8, 4) is 0 Å². The molecule has 86 valence electrons. The van der Waals surface area contributed by atoms with Crippen LogP contribution in [-0.4, -0.2) is 28.5 Å². The summed E-state index contributed by atoms with van der Waals surface area (Å²) in [5.41, 5.74) is 5.45. The maximum Gasteiger partial charge on any atom is 0.242 e. The molecule has 0 bridgehead atoms. The van der Waals surface area contributed by atoms with Crippen LogP contribution in [0.5, 0.6) is 0 Å². The van der Waals surface area contributed by atoms with E-state index in [0.29, 0.717) is 6.04 Å². The van der Waals surface area contributed by atoms with Crippen molar-refractivity contribution in [3.63, 3.8) is 0 Å². The minimum Gasteiger partial charge on any atom is -0.394 e. The van der Waals surface area contributed by atoms with Crippen LogP contribution in [0.15, 0.2) is 23.3 Å². The molecule has 1 aliphatic carbocycles. The van der Waals surface area contributed by atoms with Gasteiger partial charge in [-0.3, -0.25) is 9.59 Å². The third-order valence-corrected chi connectivity index (χ3v) is 2.81. The van der Waals surface area contributed by atoms with E-state index in [-0.39, 0.29) is 23.6 Å². The fourth-order valence-corrected chi connectivity index (χ4v) is 1.58. The number of nitrogens with two attached hydrogens (primary N) is 1. The lowest BCUT2D eigenvalue weighted by atomic mass is 10.4. The van der Waals surface area contributed by atoms with Gasteiger partial charge in [0, 0.05) is 31.5 Å². The van der Waals surface area contributed by atoms with Crippen molar-refractivity contribution >= 4 is 11.6 Å². The van der Waals surface area contributed by atoms with Crippen LogP contribution >= 0.6 is 0 Å². The Balaban J connectivity index is 2.05. The molecule has 0 atom stereocenters. The summed E-state index contributed by atoms with van der Waals surface area (Å²) in [6, 6.07) is 1.78. The summed E-state index contributed by atoms with van der Waals surface area (Å²) in [6.07, 6.45) is 5.27. The van der Waals surface area contributed by atoms with Gasteiger partial charge in [-0.1, -0.05) is 0 Å². The van der Waals surface area contributed by atoms with E-state index in [1.807, 2.05) is 7.05 Å².